The molecule has 0 fully saturated rings. The van der Waals surface area contributed by atoms with Gasteiger partial charge >= 0.3 is 5.97 Å². The van der Waals surface area contributed by atoms with Crippen molar-refractivity contribution in [2.45, 2.75) is 26.9 Å². The number of carbonyl (C=O) groups excluding carboxylic acids is 2. The lowest BCUT2D eigenvalue weighted by atomic mass is 10.1. The second kappa shape index (κ2) is 6.73. The number of carbonyl (C=O) groups is 2. The van der Waals surface area contributed by atoms with Crippen LogP contribution in [0.2, 0.25) is 10.0 Å². The molecule has 0 amide bonds. The molecule has 0 unspecified atom stereocenters. The van der Waals surface area contributed by atoms with E-state index in [0.717, 1.165) is 0 Å². The van der Waals surface area contributed by atoms with E-state index in [9.17, 15) is 9.59 Å². The van der Waals surface area contributed by atoms with Crippen LogP contribution in [0.4, 0.5) is 0 Å². The SMILES string of the molecule is CC(=O)/C(=C\c1cccc(Cl)c1Cl)C(=O)OC(C)C. The van der Waals surface area contributed by atoms with E-state index in [2.05, 4.69) is 0 Å². The van der Waals surface area contributed by atoms with Gasteiger partial charge in [0.25, 0.3) is 0 Å². The summed E-state index contributed by atoms with van der Waals surface area (Å²) in [6.45, 7) is 4.72. The minimum Gasteiger partial charge on any atom is -0.459 e. The number of rotatable bonds is 4. The van der Waals surface area contributed by atoms with Crippen molar-refractivity contribution in [1.82, 2.24) is 0 Å². The summed E-state index contributed by atoms with van der Waals surface area (Å²) < 4.78 is 5.01. The lowest BCUT2D eigenvalue weighted by Crippen LogP contribution is -2.17. The van der Waals surface area contributed by atoms with Crippen LogP contribution >= 0.6 is 23.2 Å². The Morgan fingerprint density at radius 2 is 1.89 bits per heavy atom. The molecule has 0 aromatic heterocycles. The summed E-state index contributed by atoms with van der Waals surface area (Å²) in [5.41, 5.74) is 0.443. The largest absolute Gasteiger partial charge is 0.459 e. The van der Waals surface area contributed by atoms with Crippen LogP contribution in [-0.4, -0.2) is 17.9 Å². The van der Waals surface area contributed by atoms with Crippen molar-refractivity contribution < 1.29 is 14.3 Å². The molecular weight excluding hydrogens is 287 g/mol. The summed E-state index contributed by atoms with van der Waals surface area (Å²) >= 11 is 11.9. The third kappa shape index (κ3) is 4.37. The molecule has 0 aliphatic carbocycles. The Morgan fingerprint density at radius 3 is 2.42 bits per heavy atom. The number of esters is 1. The van der Waals surface area contributed by atoms with Gasteiger partial charge in [0.15, 0.2) is 5.78 Å². The van der Waals surface area contributed by atoms with Gasteiger partial charge in [0.2, 0.25) is 0 Å². The maximum atomic E-state index is 11.8. The third-order valence-corrected chi connectivity index (χ3v) is 3.06. The number of halogens is 2. The van der Waals surface area contributed by atoms with Gasteiger partial charge in [-0.2, -0.15) is 0 Å². The topological polar surface area (TPSA) is 43.4 Å². The van der Waals surface area contributed by atoms with E-state index in [1.165, 1.54) is 13.0 Å². The van der Waals surface area contributed by atoms with Crippen LogP contribution in [0.1, 0.15) is 26.3 Å². The first-order valence-corrected chi connectivity index (χ1v) is 6.46. The van der Waals surface area contributed by atoms with Crippen molar-refractivity contribution in [3.63, 3.8) is 0 Å². The molecule has 0 bridgehead atoms. The molecule has 0 saturated carbocycles. The first kappa shape index (κ1) is 15.7. The van der Waals surface area contributed by atoms with E-state index in [1.807, 2.05) is 0 Å². The zero-order valence-electron chi connectivity index (χ0n) is 10.9. The van der Waals surface area contributed by atoms with Gasteiger partial charge in [0, 0.05) is 0 Å². The van der Waals surface area contributed by atoms with Crippen LogP contribution in [0.25, 0.3) is 6.08 Å². The van der Waals surface area contributed by atoms with Gasteiger partial charge < -0.3 is 4.74 Å². The Kier molecular flexibility index (Phi) is 5.58. The summed E-state index contributed by atoms with van der Waals surface area (Å²) in [5.74, 6) is -1.06. The minimum absolute atomic E-state index is 0.0575. The van der Waals surface area contributed by atoms with E-state index in [1.54, 1.807) is 32.0 Å². The quantitative estimate of drug-likeness (QED) is 0.366. The Labute approximate surface area is 122 Å². The second-order valence-electron chi connectivity index (χ2n) is 4.21. The lowest BCUT2D eigenvalue weighted by molar-refractivity contribution is -0.143. The van der Waals surface area contributed by atoms with Crippen molar-refractivity contribution in [1.29, 1.82) is 0 Å². The number of ketones is 1. The molecule has 102 valence electrons. The van der Waals surface area contributed by atoms with Crippen molar-refractivity contribution in [2.24, 2.45) is 0 Å². The first-order chi connectivity index (χ1) is 8.82. The predicted octanol–water partition coefficient (Wildman–Crippen LogP) is 3.92. The molecule has 0 spiro atoms. The summed E-state index contributed by atoms with van der Waals surface area (Å²) in [7, 11) is 0. The molecule has 1 rings (SSSR count). The van der Waals surface area contributed by atoms with Crippen molar-refractivity contribution >= 4 is 41.0 Å². The zero-order valence-corrected chi connectivity index (χ0v) is 12.4. The van der Waals surface area contributed by atoms with Crippen molar-refractivity contribution in [2.75, 3.05) is 0 Å². The predicted molar refractivity (Wildman–Crippen MR) is 76.3 cm³/mol. The normalized spacial score (nSPS) is 11.6. The maximum Gasteiger partial charge on any atom is 0.342 e. The molecule has 3 nitrogen and oxygen atoms in total. The highest BCUT2D eigenvalue weighted by molar-refractivity contribution is 6.43. The van der Waals surface area contributed by atoms with Gasteiger partial charge in [-0.15, -0.1) is 0 Å². The van der Waals surface area contributed by atoms with Gasteiger partial charge in [-0.3, -0.25) is 4.79 Å². The molecule has 1 aromatic rings. The molecule has 0 N–H and O–H groups in total. The standard InChI is InChI=1S/C14H14Cl2O3/c1-8(2)19-14(18)11(9(3)17)7-10-5-4-6-12(15)13(10)16/h4-8H,1-3H3/b11-7+. The minimum atomic E-state index is -0.668. The van der Waals surface area contributed by atoms with Gasteiger partial charge in [0.1, 0.15) is 5.57 Å². The average Bonchev–Trinajstić information content (AvgIpc) is 2.29. The molecule has 0 saturated heterocycles. The summed E-state index contributed by atoms with van der Waals surface area (Å²) in [6, 6.07) is 4.98. The van der Waals surface area contributed by atoms with E-state index >= 15 is 0 Å². The molecule has 0 aliphatic heterocycles. The molecule has 1 aromatic carbocycles. The monoisotopic (exact) mass is 300 g/mol. The number of hydrogen-bond donors (Lipinski definition) is 0. The van der Waals surface area contributed by atoms with Crippen LogP contribution in [0.15, 0.2) is 23.8 Å². The third-order valence-electron chi connectivity index (χ3n) is 2.22. The van der Waals surface area contributed by atoms with Crippen LogP contribution in [0.5, 0.6) is 0 Å². The molecule has 5 heteroatoms. The average molecular weight is 301 g/mol. The van der Waals surface area contributed by atoms with Gasteiger partial charge in [0.05, 0.1) is 16.1 Å². The number of hydrogen-bond acceptors (Lipinski definition) is 3. The molecular formula is C14H14Cl2O3. The second-order valence-corrected chi connectivity index (χ2v) is 5.00. The lowest BCUT2D eigenvalue weighted by Gasteiger charge is -2.09. The summed E-state index contributed by atoms with van der Waals surface area (Å²) in [4.78, 5) is 23.3. The fourth-order valence-corrected chi connectivity index (χ4v) is 1.73. The van der Waals surface area contributed by atoms with Crippen LogP contribution in [0, 0.1) is 0 Å². The van der Waals surface area contributed by atoms with Crippen LogP contribution in [0.3, 0.4) is 0 Å². The summed E-state index contributed by atoms with van der Waals surface area (Å²) in [5, 5.41) is 0.649. The van der Waals surface area contributed by atoms with E-state index in [4.69, 9.17) is 27.9 Å². The Morgan fingerprint density at radius 1 is 1.26 bits per heavy atom. The highest BCUT2D eigenvalue weighted by atomic mass is 35.5. The van der Waals surface area contributed by atoms with Gasteiger partial charge in [-0.25, -0.2) is 4.79 Å². The fourth-order valence-electron chi connectivity index (χ4n) is 1.37. The first-order valence-electron chi connectivity index (χ1n) is 5.70. The Balaban J connectivity index is 3.19. The number of ether oxygens (including phenoxy) is 1. The van der Waals surface area contributed by atoms with E-state index in [-0.39, 0.29) is 17.5 Å². The smallest absolute Gasteiger partial charge is 0.342 e. The van der Waals surface area contributed by atoms with Crippen LogP contribution in [-0.2, 0) is 14.3 Å². The highest BCUT2D eigenvalue weighted by Crippen LogP contribution is 2.27. The van der Waals surface area contributed by atoms with Gasteiger partial charge in [-0.05, 0) is 38.5 Å². The fraction of sp³-hybridized carbons (Fsp3) is 0.286. The molecule has 0 radical (unpaired) electrons. The van der Waals surface area contributed by atoms with Gasteiger partial charge in [-0.1, -0.05) is 35.3 Å². The van der Waals surface area contributed by atoms with E-state index < -0.39 is 5.97 Å². The molecule has 0 heterocycles. The maximum absolute atomic E-state index is 11.8. The van der Waals surface area contributed by atoms with Crippen molar-refractivity contribution in [3.05, 3.63) is 39.4 Å². The summed E-state index contributed by atoms with van der Waals surface area (Å²) in [6.07, 6.45) is 1.09. The molecule has 0 aliphatic rings. The van der Waals surface area contributed by atoms with E-state index in [0.29, 0.717) is 15.6 Å². The van der Waals surface area contributed by atoms with Crippen molar-refractivity contribution in [3.8, 4) is 0 Å². The molecule has 0 atom stereocenters. The number of Topliss-reactive ketones (excluding diaryl/α,β-unsaturated/α-hetero) is 1. The highest BCUT2D eigenvalue weighted by Gasteiger charge is 2.18. The zero-order chi connectivity index (χ0) is 14.6. The van der Waals surface area contributed by atoms with Crippen LogP contribution < -0.4 is 0 Å². The Bertz CT molecular complexity index is 533. The number of benzene rings is 1. The Hall–Kier alpha value is -1.32. The molecule has 19 heavy (non-hydrogen) atoms.